The molecule has 0 fully saturated rings. The van der Waals surface area contributed by atoms with Gasteiger partial charge >= 0.3 is 6.03 Å². The number of carbonyl (C=O) groups is 2. The summed E-state index contributed by atoms with van der Waals surface area (Å²) < 4.78 is 14.8. The minimum atomic E-state index is -0.589. The maximum Gasteiger partial charge on any atom is 0.322 e. The molecule has 2 aliphatic heterocycles. The number of amides is 3. The van der Waals surface area contributed by atoms with Crippen LogP contribution in [0.3, 0.4) is 0 Å². The third-order valence-electron chi connectivity index (χ3n) is 4.94. The van der Waals surface area contributed by atoms with E-state index in [-0.39, 0.29) is 30.6 Å². The Kier molecular flexibility index (Phi) is 5.15. The quantitative estimate of drug-likeness (QED) is 0.765. The number of aromatic nitrogens is 2. The van der Waals surface area contributed by atoms with E-state index in [0.29, 0.717) is 29.9 Å². The van der Waals surface area contributed by atoms with Crippen LogP contribution < -0.4 is 5.32 Å². The molecule has 1 aromatic heterocycles. The van der Waals surface area contributed by atoms with Crippen LogP contribution in [0.1, 0.15) is 21.7 Å². The first-order valence-electron chi connectivity index (χ1n) is 9.02. The average molecular weight is 424 g/mol. The van der Waals surface area contributed by atoms with Gasteiger partial charge in [-0.1, -0.05) is 11.6 Å². The highest BCUT2D eigenvalue weighted by Crippen LogP contribution is 2.27. The van der Waals surface area contributed by atoms with Gasteiger partial charge in [0.15, 0.2) is 0 Å². The van der Waals surface area contributed by atoms with Crippen LogP contribution in [0.4, 0.5) is 14.9 Å². The van der Waals surface area contributed by atoms with Gasteiger partial charge in [0.1, 0.15) is 17.6 Å². The smallest absolute Gasteiger partial charge is 0.322 e. The Hall–Kier alpha value is -2.69. The summed E-state index contributed by atoms with van der Waals surface area (Å²) in [5.41, 5.74) is 2.12. The number of nitrogens with zero attached hydrogens (tertiary/aromatic N) is 4. The Morgan fingerprint density at radius 3 is 3.00 bits per heavy atom. The molecular weight excluding hydrogens is 405 g/mol. The van der Waals surface area contributed by atoms with Crippen molar-refractivity contribution in [1.82, 2.24) is 19.7 Å². The highest BCUT2D eigenvalue weighted by atomic mass is 35.5. The van der Waals surface area contributed by atoms with Crippen molar-refractivity contribution in [3.8, 4) is 0 Å². The highest BCUT2D eigenvalue weighted by molar-refractivity contribution is 6.31. The lowest BCUT2D eigenvalue weighted by atomic mass is 10.1. The number of hydrogen-bond acceptors (Lipinski definition) is 5. The van der Waals surface area contributed by atoms with Crippen molar-refractivity contribution in [2.24, 2.45) is 0 Å². The van der Waals surface area contributed by atoms with Crippen LogP contribution in [0.2, 0.25) is 5.02 Å². The molecule has 4 rings (SSSR count). The number of carbonyl (C=O) groups excluding carboxylic acids is 2. The summed E-state index contributed by atoms with van der Waals surface area (Å²) in [4.78, 5) is 32.4. The fraction of sp³-hybridized carbons (Fsp3) is 0.389. The van der Waals surface area contributed by atoms with Crippen LogP contribution in [-0.2, 0) is 24.3 Å². The molecular formula is C18H19ClFN5O4. The molecule has 0 saturated heterocycles. The van der Waals surface area contributed by atoms with Gasteiger partial charge in [0, 0.05) is 31.3 Å². The molecule has 2 aromatic rings. The highest BCUT2D eigenvalue weighted by Gasteiger charge is 2.35. The van der Waals surface area contributed by atoms with Gasteiger partial charge in [0.2, 0.25) is 0 Å². The zero-order chi connectivity index (χ0) is 20.7. The number of aliphatic hydroxyl groups excluding tert-OH is 1. The summed E-state index contributed by atoms with van der Waals surface area (Å²) in [5, 5.41) is 17.6. The van der Waals surface area contributed by atoms with E-state index in [2.05, 4.69) is 10.4 Å². The van der Waals surface area contributed by atoms with Crippen molar-refractivity contribution >= 4 is 29.2 Å². The van der Waals surface area contributed by atoms with E-state index in [1.54, 1.807) is 9.58 Å². The summed E-state index contributed by atoms with van der Waals surface area (Å²) in [5.74, 6) is -0.955. The summed E-state index contributed by atoms with van der Waals surface area (Å²) >= 11 is 5.76. The molecule has 0 bridgehead atoms. The number of urea groups is 1. The van der Waals surface area contributed by atoms with Crippen LogP contribution in [-0.4, -0.2) is 63.1 Å². The normalized spacial score (nSPS) is 18.9. The number of anilines is 1. The van der Waals surface area contributed by atoms with E-state index in [0.717, 1.165) is 10.8 Å². The van der Waals surface area contributed by atoms with E-state index in [9.17, 15) is 19.1 Å². The van der Waals surface area contributed by atoms with E-state index >= 15 is 0 Å². The molecule has 3 heterocycles. The standard InChI is InChI=1S/C18H19ClFN5O4/c1-23-17(27)16-12-8-24(18(28)21-10-2-3-14(20)13(19)6-10)5-4-15(12)22-25(16)7-11(9-26)29-23/h2-3,6,11,26H,4-5,7-9H2,1H3,(H,21,28)/t11-/m1/s1. The Labute approximate surface area is 170 Å². The minimum absolute atomic E-state index is 0.0854. The molecule has 0 radical (unpaired) electrons. The summed E-state index contributed by atoms with van der Waals surface area (Å²) in [6.07, 6.45) is -0.108. The van der Waals surface area contributed by atoms with Crippen molar-refractivity contribution in [1.29, 1.82) is 0 Å². The molecule has 154 valence electrons. The lowest BCUT2D eigenvalue weighted by Crippen LogP contribution is -2.39. The maximum absolute atomic E-state index is 13.3. The van der Waals surface area contributed by atoms with Gasteiger partial charge in [-0.05, 0) is 18.2 Å². The molecule has 2 aliphatic rings. The minimum Gasteiger partial charge on any atom is -0.393 e. The van der Waals surface area contributed by atoms with Crippen LogP contribution in [0.25, 0.3) is 0 Å². The average Bonchev–Trinajstić information content (AvgIpc) is 3.00. The van der Waals surface area contributed by atoms with E-state index in [1.807, 2.05) is 0 Å². The molecule has 3 amide bonds. The topological polar surface area (TPSA) is 99.9 Å². The Balaban J connectivity index is 1.57. The van der Waals surface area contributed by atoms with Crippen molar-refractivity contribution < 1.29 is 23.9 Å². The third kappa shape index (κ3) is 3.66. The number of benzene rings is 1. The molecule has 1 atom stereocenters. The van der Waals surface area contributed by atoms with Crippen LogP contribution in [0.5, 0.6) is 0 Å². The Morgan fingerprint density at radius 2 is 2.28 bits per heavy atom. The van der Waals surface area contributed by atoms with Crippen molar-refractivity contribution in [3.05, 3.63) is 46.0 Å². The van der Waals surface area contributed by atoms with Crippen molar-refractivity contribution in [2.45, 2.75) is 25.6 Å². The molecule has 11 heteroatoms. The molecule has 0 spiro atoms. The van der Waals surface area contributed by atoms with E-state index in [1.165, 1.54) is 25.2 Å². The number of hydroxylamine groups is 2. The lowest BCUT2D eigenvalue weighted by Gasteiger charge is -2.27. The number of aliphatic hydroxyl groups is 1. The third-order valence-corrected chi connectivity index (χ3v) is 5.22. The van der Waals surface area contributed by atoms with Crippen molar-refractivity contribution in [2.75, 3.05) is 25.5 Å². The molecule has 0 aliphatic carbocycles. The zero-order valence-corrected chi connectivity index (χ0v) is 16.3. The SMILES string of the molecule is CN1O[C@@H](CO)Cn2nc3c(c2C1=O)CN(C(=O)Nc1ccc(F)c(Cl)c1)CC3. The molecule has 29 heavy (non-hydrogen) atoms. The molecule has 0 unspecified atom stereocenters. The van der Waals surface area contributed by atoms with Gasteiger partial charge in [-0.15, -0.1) is 0 Å². The van der Waals surface area contributed by atoms with Gasteiger partial charge in [-0.25, -0.2) is 14.2 Å². The Morgan fingerprint density at radius 1 is 1.48 bits per heavy atom. The predicted molar refractivity (Wildman–Crippen MR) is 101 cm³/mol. The van der Waals surface area contributed by atoms with Crippen LogP contribution >= 0.6 is 11.6 Å². The first-order valence-corrected chi connectivity index (χ1v) is 9.40. The van der Waals surface area contributed by atoms with Gasteiger partial charge in [-0.3, -0.25) is 14.3 Å². The second-order valence-corrected chi connectivity index (χ2v) is 7.31. The number of hydrogen-bond donors (Lipinski definition) is 2. The van der Waals surface area contributed by atoms with E-state index < -0.39 is 18.0 Å². The first kappa shape index (κ1) is 19.6. The number of halogens is 2. The summed E-state index contributed by atoms with van der Waals surface area (Å²) in [6.45, 7) is 0.578. The second kappa shape index (κ2) is 7.62. The fourth-order valence-electron chi connectivity index (χ4n) is 3.49. The molecule has 9 nitrogen and oxygen atoms in total. The van der Waals surface area contributed by atoms with Gasteiger partial charge in [-0.2, -0.15) is 5.10 Å². The molecule has 2 N–H and O–H groups in total. The first-order chi connectivity index (χ1) is 13.9. The van der Waals surface area contributed by atoms with Crippen LogP contribution in [0.15, 0.2) is 18.2 Å². The largest absolute Gasteiger partial charge is 0.393 e. The predicted octanol–water partition coefficient (Wildman–Crippen LogP) is 1.64. The van der Waals surface area contributed by atoms with Crippen molar-refractivity contribution in [3.63, 3.8) is 0 Å². The van der Waals surface area contributed by atoms with Crippen LogP contribution in [0, 0.1) is 5.82 Å². The zero-order valence-electron chi connectivity index (χ0n) is 15.6. The molecule has 1 aromatic carbocycles. The summed E-state index contributed by atoms with van der Waals surface area (Å²) in [7, 11) is 1.48. The fourth-order valence-corrected chi connectivity index (χ4v) is 3.67. The lowest BCUT2D eigenvalue weighted by molar-refractivity contribution is -0.159. The monoisotopic (exact) mass is 423 g/mol. The summed E-state index contributed by atoms with van der Waals surface area (Å²) in [6, 6.07) is 3.54. The van der Waals surface area contributed by atoms with E-state index in [4.69, 9.17) is 16.4 Å². The van der Waals surface area contributed by atoms with Gasteiger partial charge < -0.3 is 15.3 Å². The Bertz CT molecular complexity index is 981. The van der Waals surface area contributed by atoms with Gasteiger partial charge in [0.25, 0.3) is 5.91 Å². The molecule has 0 saturated carbocycles. The van der Waals surface area contributed by atoms with Gasteiger partial charge in [0.05, 0.1) is 30.4 Å². The second-order valence-electron chi connectivity index (χ2n) is 6.90. The number of nitrogens with one attached hydrogen (secondary N) is 1. The number of fused-ring (bicyclic) bond motifs is 3. The number of rotatable bonds is 2. The maximum atomic E-state index is 13.3.